The first kappa shape index (κ1) is 15.2. The van der Waals surface area contributed by atoms with Crippen LogP contribution in [0.1, 0.15) is 11.1 Å². The van der Waals surface area contributed by atoms with Crippen molar-refractivity contribution in [2.45, 2.75) is 13.1 Å². The molecule has 2 N–H and O–H groups in total. The van der Waals surface area contributed by atoms with Gasteiger partial charge >= 0.3 is 11.1 Å². The minimum Gasteiger partial charge on any atom is -0.316 e. The summed E-state index contributed by atoms with van der Waals surface area (Å²) >= 11 is 0. The fourth-order valence-corrected chi connectivity index (χ4v) is 2.52. The molecule has 23 heavy (non-hydrogen) atoms. The minimum absolute atomic E-state index is 0.262. The van der Waals surface area contributed by atoms with Crippen LogP contribution in [0.5, 0.6) is 0 Å². The molecule has 5 nitrogen and oxygen atoms in total. The van der Waals surface area contributed by atoms with Crippen LogP contribution in [0.2, 0.25) is 0 Å². The molecule has 3 rings (SSSR count). The van der Waals surface area contributed by atoms with Crippen LogP contribution in [0.15, 0.2) is 52.1 Å². The molecule has 1 aromatic heterocycles. The first-order valence-electron chi connectivity index (χ1n) is 7.07. The van der Waals surface area contributed by atoms with Crippen LogP contribution in [0.25, 0.3) is 11.0 Å². The molecule has 0 amide bonds. The summed E-state index contributed by atoms with van der Waals surface area (Å²) in [7, 11) is 3.95. The Morgan fingerprint density at radius 1 is 1.00 bits per heavy atom. The van der Waals surface area contributed by atoms with Crippen molar-refractivity contribution in [1.29, 1.82) is 0 Å². The van der Waals surface area contributed by atoms with Gasteiger partial charge in [-0.05, 0) is 23.3 Å². The molecular formula is C17H15FN3O2. The molecule has 1 radical (unpaired) electrons. The molecule has 0 aliphatic rings. The van der Waals surface area contributed by atoms with E-state index in [-0.39, 0.29) is 5.52 Å². The smallest absolute Gasteiger partial charge is 0.314 e. The van der Waals surface area contributed by atoms with E-state index >= 15 is 0 Å². The van der Waals surface area contributed by atoms with Gasteiger partial charge in [0.2, 0.25) is 0 Å². The first-order chi connectivity index (χ1) is 11.0. The molecule has 6 heteroatoms. The van der Waals surface area contributed by atoms with Gasteiger partial charge in [0.05, 0.1) is 11.0 Å². The highest BCUT2D eigenvalue weighted by Gasteiger charge is 2.10. The zero-order valence-corrected chi connectivity index (χ0v) is 12.3. The third-order valence-corrected chi connectivity index (χ3v) is 3.52. The molecule has 0 aliphatic heterocycles. The van der Waals surface area contributed by atoms with E-state index < -0.39 is 16.9 Å². The number of H-pyrrole nitrogens is 2. The Morgan fingerprint density at radius 3 is 2.43 bits per heavy atom. The Hall–Kier alpha value is -2.73. The largest absolute Gasteiger partial charge is 0.316 e. The number of nitrogens with one attached hydrogen (secondary N) is 2. The third-order valence-electron chi connectivity index (χ3n) is 3.52. The number of aromatic amines is 2. The van der Waals surface area contributed by atoms with Gasteiger partial charge in [-0.25, -0.2) is 4.39 Å². The average Bonchev–Trinajstić information content (AvgIpc) is 2.50. The summed E-state index contributed by atoms with van der Waals surface area (Å²) < 4.78 is 13.8. The molecule has 3 aromatic rings. The van der Waals surface area contributed by atoms with Crippen LogP contribution >= 0.6 is 0 Å². The molecule has 0 saturated heterocycles. The summed E-state index contributed by atoms with van der Waals surface area (Å²) in [6.07, 6.45) is 0. The van der Waals surface area contributed by atoms with Crippen molar-refractivity contribution in [2.24, 2.45) is 0 Å². The molecule has 0 unspecified atom stereocenters. The SMILES string of the molecule is [CH2]N(Cc1ccccc1)Cc1cc(F)cc2[nH]c(=O)c(=O)[nH]c12. The van der Waals surface area contributed by atoms with Crippen LogP contribution in [0.4, 0.5) is 4.39 Å². The third kappa shape index (κ3) is 3.37. The Bertz CT molecular complexity index is 947. The maximum Gasteiger partial charge on any atom is 0.314 e. The van der Waals surface area contributed by atoms with Crippen molar-refractivity contribution in [3.8, 4) is 0 Å². The highest BCUT2D eigenvalue weighted by Crippen LogP contribution is 2.18. The van der Waals surface area contributed by atoms with Crippen molar-refractivity contribution in [3.63, 3.8) is 0 Å². The Morgan fingerprint density at radius 2 is 1.70 bits per heavy atom. The van der Waals surface area contributed by atoms with Crippen LogP contribution in [-0.2, 0) is 13.1 Å². The number of benzene rings is 2. The Kier molecular flexibility index (Phi) is 4.08. The zero-order valence-electron chi connectivity index (χ0n) is 12.3. The van der Waals surface area contributed by atoms with Gasteiger partial charge in [-0.3, -0.25) is 14.5 Å². The number of hydrogen-bond donors (Lipinski definition) is 2. The molecular weight excluding hydrogens is 297 g/mol. The summed E-state index contributed by atoms with van der Waals surface area (Å²) in [6.45, 7) is 0.900. The van der Waals surface area contributed by atoms with E-state index in [0.717, 1.165) is 5.56 Å². The van der Waals surface area contributed by atoms with E-state index in [4.69, 9.17) is 0 Å². The summed E-state index contributed by atoms with van der Waals surface area (Å²) in [6, 6.07) is 12.3. The lowest BCUT2D eigenvalue weighted by molar-refractivity contribution is 0.356. The second-order valence-electron chi connectivity index (χ2n) is 5.37. The number of nitrogens with zero attached hydrogens (tertiary/aromatic N) is 1. The van der Waals surface area contributed by atoms with Gasteiger partial charge in [-0.15, -0.1) is 0 Å². The summed E-state index contributed by atoms with van der Waals surface area (Å²) in [5, 5.41) is 0. The number of fused-ring (bicyclic) bond motifs is 1. The predicted octanol–water partition coefficient (Wildman–Crippen LogP) is 2.15. The molecule has 0 atom stereocenters. The van der Waals surface area contributed by atoms with E-state index in [2.05, 4.69) is 17.0 Å². The lowest BCUT2D eigenvalue weighted by Crippen LogP contribution is -2.29. The molecule has 117 valence electrons. The van der Waals surface area contributed by atoms with Gasteiger partial charge < -0.3 is 9.97 Å². The molecule has 0 saturated carbocycles. The van der Waals surface area contributed by atoms with Crippen molar-refractivity contribution in [3.05, 3.63) is 87.2 Å². The maximum absolute atomic E-state index is 13.8. The fraction of sp³-hybridized carbons (Fsp3) is 0.118. The second-order valence-corrected chi connectivity index (χ2v) is 5.37. The Balaban J connectivity index is 1.94. The molecule has 0 spiro atoms. The number of aromatic nitrogens is 2. The monoisotopic (exact) mass is 312 g/mol. The van der Waals surface area contributed by atoms with Gasteiger partial charge in [0.1, 0.15) is 5.82 Å². The fourth-order valence-electron chi connectivity index (χ4n) is 2.52. The topological polar surface area (TPSA) is 69.0 Å². The van der Waals surface area contributed by atoms with E-state index in [0.29, 0.717) is 24.2 Å². The Labute approximate surface area is 131 Å². The average molecular weight is 312 g/mol. The minimum atomic E-state index is -0.801. The van der Waals surface area contributed by atoms with E-state index in [1.807, 2.05) is 30.3 Å². The zero-order chi connectivity index (χ0) is 16.4. The van der Waals surface area contributed by atoms with Crippen molar-refractivity contribution in [2.75, 3.05) is 0 Å². The number of rotatable bonds is 4. The van der Waals surface area contributed by atoms with E-state index in [1.54, 1.807) is 4.90 Å². The first-order valence-corrected chi connectivity index (χ1v) is 7.07. The standard InChI is InChI=1S/C17H15FN3O2/c1-21(9-11-5-3-2-4-6-11)10-12-7-13(18)8-14-15(12)20-17(23)16(22)19-14/h2-8H,1,9-10H2,(H,19,22)(H,20,23). The highest BCUT2D eigenvalue weighted by molar-refractivity contribution is 5.77. The van der Waals surface area contributed by atoms with Crippen LogP contribution in [-0.4, -0.2) is 14.9 Å². The normalized spacial score (nSPS) is 11.3. The lowest BCUT2D eigenvalue weighted by Gasteiger charge is -2.17. The molecule has 2 aromatic carbocycles. The van der Waals surface area contributed by atoms with Crippen LogP contribution < -0.4 is 11.1 Å². The number of halogens is 1. The molecule has 1 heterocycles. The number of hydrogen-bond acceptors (Lipinski definition) is 3. The second kappa shape index (κ2) is 6.18. The highest BCUT2D eigenvalue weighted by atomic mass is 19.1. The molecule has 0 aliphatic carbocycles. The van der Waals surface area contributed by atoms with E-state index in [9.17, 15) is 14.0 Å². The van der Waals surface area contributed by atoms with Gasteiger partial charge in [-0.1, -0.05) is 30.3 Å². The summed E-state index contributed by atoms with van der Waals surface area (Å²) in [5.74, 6) is -0.483. The summed E-state index contributed by atoms with van der Waals surface area (Å²) in [5.41, 5.74) is 0.744. The van der Waals surface area contributed by atoms with Crippen LogP contribution in [0.3, 0.4) is 0 Å². The van der Waals surface area contributed by atoms with Crippen molar-refractivity contribution >= 4 is 11.0 Å². The summed E-state index contributed by atoms with van der Waals surface area (Å²) in [4.78, 5) is 29.5. The van der Waals surface area contributed by atoms with E-state index in [1.165, 1.54) is 12.1 Å². The van der Waals surface area contributed by atoms with Gasteiger partial charge in [-0.2, -0.15) is 0 Å². The molecule has 0 bridgehead atoms. The predicted molar refractivity (Wildman–Crippen MR) is 86.2 cm³/mol. The lowest BCUT2D eigenvalue weighted by atomic mass is 10.1. The quantitative estimate of drug-likeness (QED) is 0.725. The van der Waals surface area contributed by atoms with Gasteiger partial charge in [0.25, 0.3) is 0 Å². The van der Waals surface area contributed by atoms with Crippen LogP contribution in [0, 0.1) is 12.9 Å². The van der Waals surface area contributed by atoms with Crippen molar-refractivity contribution in [1.82, 2.24) is 14.9 Å². The maximum atomic E-state index is 13.8. The van der Waals surface area contributed by atoms with Gasteiger partial charge in [0.15, 0.2) is 0 Å². The van der Waals surface area contributed by atoms with Gasteiger partial charge in [0, 0.05) is 20.1 Å². The van der Waals surface area contributed by atoms with Crippen molar-refractivity contribution < 1.29 is 4.39 Å². The molecule has 0 fully saturated rings.